The molecule has 0 aliphatic carbocycles. The quantitative estimate of drug-likeness (QED) is 0.602. The Hall–Kier alpha value is -2.11. The second kappa shape index (κ2) is 6.36. The van der Waals surface area contributed by atoms with E-state index in [0.29, 0.717) is 19.3 Å². The van der Waals surface area contributed by atoms with Gasteiger partial charge in [0.25, 0.3) is 0 Å². The summed E-state index contributed by atoms with van der Waals surface area (Å²) in [6.07, 6.45) is 4.23. The Bertz CT molecular complexity index is 456. The molecule has 0 amide bonds. The van der Waals surface area contributed by atoms with Gasteiger partial charge in [-0.25, -0.2) is 9.59 Å². The standard InChI is InChI=1S/C14H18O6/c1-9(11(15)16)7-14(8-10(2)12(17)18)5-3-4-6-20-13(14)19/h7-8H,3-6H2,1-2H3,(H,15,16)(H,17,18). The van der Waals surface area contributed by atoms with E-state index in [1.807, 2.05) is 0 Å². The van der Waals surface area contributed by atoms with Crippen LogP contribution in [0.15, 0.2) is 23.3 Å². The molecule has 0 bridgehead atoms. The number of hydrogen-bond donors (Lipinski definition) is 2. The van der Waals surface area contributed by atoms with Gasteiger partial charge in [0.2, 0.25) is 0 Å². The highest BCUT2D eigenvalue weighted by molar-refractivity contribution is 5.92. The van der Waals surface area contributed by atoms with Crippen LogP contribution in [0.1, 0.15) is 33.1 Å². The summed E-state index contributed by atoms with van der Waals surface area (Å²) in [5, 5.41) is 17.9. The van der Waals surface area contributed by atoms with Gasteiger partial charge in [-0.15, -0.1) is 0 Å². The van der Waals surface area contributed by atoms with Crippen LogP contribution in [0.25, 0.3) is 0 Å². The van der Waals surface area contributed by atoms with Gasteiger partial charge in [0.1, 0.15) is 5.41 Å². The van der Waals surface area contributed by atoms with Crippen molar-refractivity contribution in [2.45, 2.75) is 33.1 Å². The van der Waals surface area contributed by atoms with Crippen molar-refractivity contribution >= 4 is 17.9 Å². The van der Waals surface area contributed by atoms with Crippen molar-refractivity contribution in [3.63, 3.8) is 0 Å². The molecule has 1 heterocycles. The molecule has 1 fully saturated rings. The molecule has 110 valence electrons. The first-order valence-electron chi connectivity index (χ1n) is 6.31. The van der Waals surface area contributed by atoms with Crippen LogP contribution < -0.4 is 0 Å². The molecule has 1 saturated heterocycles. The van der Waals surface area contributed by atoms with Crippen LogP contribution >= 0.6 is 0 Å². The molecule has 1 rings (SSSR count). The van der Waals surface area contributed by atoms with Crippen molar-refractivity contribution in [1.82, 2.24) is 0 Å². The first kappa shape index (κ1) is 15.9. The van der Waals surface area contributed by atoms with E-state index in [1.165, 1.54) is 26.0 Å². The number of aliphatic carboxylic acids is 2. The highest BCUT2D eigenvalue weighted by Crippen LogP contribution is 2.35. The largest absolute Gasteiger partial charge is 0.478 e. The van der Waals surface area contributed by atoms with Crippen LogP contribution in [0, 0.1) is 5.41 Å². The second-order valence-corrected chi connectivity index (χ2v) is 4.90. The lowest BCUT2D eigenvalue weighted by Gasteiger charge is -2.23. The third-order valence-electron chi connectivity index (χ3n) is 3.22. The van der Waals surface area contributed by atoms with Gasteiger partial charge >= 0.3 is 17.9 Å². The van der Waals surface area contributed by atoms with Gasteiger partial charge in [-0.2, -0.15) is 0 Å². The third-order valence-corrected chi connectivity index (χ3v) is 3.22. The maximum atomic E-state index is 12.2. The van der Waals surface area contributed by atoms with Crippen LogP contribution in [-0.4, -0.2) is 34.7 Å². The molecule has 6 heteroatoms. The number of carboxylic acid groups (broad SMARTS) is 2. The molecule has 0 aromatic carbocycles. The van der Waals surface area contributed by atoms with E-state index in [1.54, 1.807) is 0 Å². The topological polar surface area (TPSA) is 101 Å². The summed E-state index contributed by atoms with van der Waals surface area (Å²) in [5.41, 5.74) is -1.35. The maximum absolute atomic E-state index is 12.2. The van der Waals surface area contributed by atoms with Crippen LogP contribution in [0.5, 0.6) is 0 Å². The van der Waals surface area contributed by atoms with Crippen molar-refractivity contribution in [2.24, 2.45) is 5.41 Å². The van der Waals surface area contributed by atoms with E-state index in [2.05, 4.69) is 0 Å². The molecular weight excluding hydrogens is 264 g/mol. The summed E-state index contributed by atoms with van der Waals surface area (Å²) in [5.74, 6) is -2.90. The van der Waals surface area contributed by atoms with Crippen LogP contribution in [0.3, 0.4) is 0 Å². The Morgan fingerprint density at radius 1 is 1.10 bits per heavy atom. The minimum atomic E-state index is -1.32. The highest BCUT2D eigenvalue weighted by Gasteiger charge is 2.38. The van der Waals surface area contributed by atoms with Crippen molar-refractivity contribution in [1.29, 1.82) is 0 Å². The van der Waals surface area contributed by atoms with Crippen LogP contribution in [-0.2, 0) is 19.1 Å². The van der Waals surface area contributed by atoms with Gasteiger partial charge in [-0.3, -0.25) is 4.79 Å². The van der Waals surface area contributed by atoms with Crippen molar-refractivity contribution < 1.29 is 29.3 Å². The first-order chi connectivity index (χ1) is 9.28. The van der Waals surface area contributed by atoms with Gasteiger partial charge < -0.3 is 14.9 Å². The normalized spacial score (nSPS) is 24.8. The van der Waals surface area contributed by atoms with E-state index in [-0.39, 0.29) is 17.8 Å². The van der Waals surface area contributed by atoms with Crippen molar-refractivity contribution in [3.05, 3.63) is 23.3 Å². The molecule has 0 atom stereocenters. The molecule has 0 radical (unpaired) electrons. The number of carbonyl (C=O) groups is 3. The number of rotatable bonds is 4. The van der Waals surface area contributed by atoms with E-state index >= 15 is 0 Å². The SMILES string of the molecule is CC(=CC1(C=C(C)C(=O)O)CCCCOC1=O)C(=O)O. The lowest BCUT2D eigenvalue weighted by molar-refractivity contribution is -0.149. The third kappa shape index (κ3) is 3.69. The number of cyclic esters (lactones) is 1. The zero-order chi connectivity index (χ0) is 15.3. The molecule has 0 spiro atoms. The molecule has 0 unspecified atom stereocenters. The zero-order valence-corrected chi connectivity index (χ0v) is 11.5. The maximum Gasteiger partial charge on any atom is 0.330 e. The molecule has 6 nitrogen and oxygen atoms in total. The average Bonchev–Trinajstić information content (AvgIpc) is 2.52. The predicted molar refractivity (Wildman–Crippen MR) is 70.0 cm³/mol. The minimum absolute atomic E-state index is 0.0155. The molecular formula is C14H18O6. The number of ether oxygens (including phenoxy) is 1. The molecule has 1 aliphatic rings. The summed E-state index contributed by atoms with van der Waals surface area (Å²) in [7, 11) is 0. The summed E-state index contributed by atoms with van der Waals surface area (Å²) >= 11 is 0. The monoisotopic (exact) mass is 282 g/mol. The number of carbonyl (C=O) groups excluding carboxylic acids is 1. The van der Waals surface area contributed by atoms with Gasteiger partial charge in [-0.05, 0) is 33.1 Å². The Morgan fingerprint density at radius 3 is 2.05 bits per heavy atom. The lowest BCUT2D eigenvalue weighted by Crippen LogP contribution is -2.29. The Kier molecular flexibility index (Phi) is 5.07. The minimum Gasteiger partial charge on any atom is -0.478 e. The number of hydrogen-bond acceptors (Lipinski definition) is 4. The van der Waals surface area contributed by atoms with Crippen molar-refractivity contribution in [2.75, 3.05) is 6.61 Å². The van der Waals surface area contributed by atoms with Gasteiger partial charge in [0, 0.05) is 11.1 Å². The van der Waals surface area contributed by atoms with E-state index in [4.69, 9.17) is 14.9 Å². The average molecular weight is 282 g/mol. The molecule has 0 aromatic rings. The van der Waals surface area contributed by atoms with Crippen LogP contribution in [0.2, 0.25) is 0 Å². The lowest BCUT2D eigenvalue weighted by atomic mass is 9.80. The second-order valence-electron chi connectivity index (χ2n) is 4.90. The Morgan fingerprint density at radius 2 is 1.60 bits per heavy atom. The number of esters is 1. The van der Waals surface area contributed by atoms with E-state index < -0.39 is 23.3 Å². The predicted octanol–water partition coefficient (Wildman–Crippen LogP) is 1.76. The fourth-order valence-corrected chi connectivity index (χ4v) is 2.12. The summed E-state index contributed by atoms with van der Waals surface area (Å²) in [6, 6.07) is 0. The fraction of sp³-hybridized carbons (Fsp3) is 0.500. The molecule has 0 saturated carbocycles. The van der Waals surface area contributed by atoms with E-state index in [0.717, 1.165) is 0 Å². The van der Waals surface area contributed by atoms with Gasteiger partial charge in [-0.1, -0.05) is 12.2 Å². The first-order valence-corrected chi connectivity index (χ1v) is 6.31. The molecule has 1 aliphatic heterocycles. The Balaban J connectivity index is 3.34. The smallest absolute Gasteiger partial charge is 0.330 e. The Labute approximate surface area is 116 Å². The summed E-state index contributed by atoms with van der Waals surface area (Å²) in [6.45, 7) is 3.00. The van der Waals surface area contributed by atoms with Gasteiger partial charge in [0.05, 0.1) is 6.61 Å². The summed E-state index contributed by atoms with van der Waals surface area (Å²) in [4.78, 5) is 34.1. The molecule has 2 N–H and O–H groups in total. The summed E-state index contributed by atoms with van der Waals surface area (Å²) < 4.78 is 5.07. The molecule has 0 aromatic heterocycles. The zero-order valence-electron chi connectivity index (χ0n) is 11.5. The van der Waals surface area contributed by atoms with Crippen LogP contribution in [0.4, 0.5) is 0 Å². The van der Waals surface area contributed by atoms with Gasteiger partial charge in [0.15, 0.2) is 0 Å². The fourth-order valence-electron chi connectivity index (χ4n) is 2.12. The molecule has 20 heavy (non-hydrogen) atoms. The van der Waals surface area contributed by atoms with Crippen molar-refractivity contribution in [3.8, 4) is 0 Å². The number of carboxylic acids is 2. The van der Waals surface area contributed by atoms with E-state index in [9.17, 15) is 14.4 Å². The highest BCUT2D eigenvalue weighted by atomic mass is 16.5.